The van der Waals surface area contributed by atoms with Crippen molar-refractivity contribution in [1.82, 2.24) is 0 Å². The number of fused-ring (bicyclic) bond motifs is 2. The third-order valence-electron chi connectivity index (χ3n) is 4.33. The Balaban J connectivity index is 2.06. The zero-order chi connectivity index (χ0) is 14.4. The van der Waals surface area contributed by atoms with E-state index in [9.17, 15) is 9.90 Å². The minimum atomic E-state index is -0.844. The second-order valence-electron chi connectivity index (χ2n) is 5.46. The van der Waals surface area contributed by atoms with Crippen LogP contribution in [-0.2, 0) is 11.2 Å². The molecule has 0 bridgehead atoms. The van der Waals surface area contributed by atoms with Crippen molar-refractivity contribution in [2.75, 3.05) is 0 Å². The number of aryl methyl sites for hydroxylation is 1. The number of carboxylic acids is 1. The molecule has 2 aromatic rings. The van der Waals surface area contributed by atoms with Gasteiger partial charge in [0.15, 0.2) is 0 Å². The summed E-state index contributed by atoms with van der Waals surface area (Å²) in [6.45, 7) is 0. The van der Waals surface area contributed by atoms with Crippen molar-refractivity contribution in [3.63, 3.8) is 0 Å². The zero-order valence-electron chi connectivity index (χ0n) is 11.5. The van der Waals surface area contributed by atoms with E-state index in [1.807, 2.05) is 42.5 Å². The van der Waals surface area contributed by atoms with Crippen molar-refractivity contribution in [1.29, 1.82) is 0 Å². The number of carbonyl (C=O) groups is 1. The van der Waals surface area contributed by atoms with E-state index in [0.29, 0.717) is 5.57 Å². The minimum Gasteiger partial charge on any atom is -0.478 e. The van der Waals surface area contributed by atoms with Gasteiger partial charge in [0, 0.05) is 0 Å². The van der Waals surface area contributed by atoms with Crippen molar-refractivity contribution >= 4 is 23.2 Å². The van der Waals surface area contributed by atoms with Crippen LogP contribution in [0.5, 0.6) is 0 Å². The molecular weight excluding hydrogens is 260 g/mol. The third kappa shape index (κ3) is 1.76. The highest BCUT2D eigenvalue weighted by Gasteiger charge is 2.25. The predicted molar refractivity (Wildman–Crippen MR) is 82.9 cm³/mol. The molecule has 0 amide bonds. The fourth-order valence-corrected chi connectivity index (χ4v) is 3.40. The SMILES string of the molecule is O=C(O)C1=c2ccccc2=CC1=C1CCc2ccccc21. The van der Waals surface area contributed by atoms with Crippen molar-refractivity contribution < 1.29 is 9.90 Å². The van der Waals surface area contributed by atoms with E-state index in [2.05, 4.69) is 12.1 Å². The third-order valence-corrected chi connectivity index (χ3v) is 4.33. The van der Waals surface area contributed by atoms with E-state index < -0.39 is 5.97 Å². The van der Waals surface area contributed by atoms with E-state index in [1.165, 1.54) is 16.7 Å². The van der Waals surface area contributed by atoms with Gasteiger partial charge in [0.2, 0.25) is 0 Å². The molecule has 0 saturated heterocycles. The van der Waals surface area contributed by atoms with Crippen LogP contribution in [0.2, 0.25) is 0 Å². The molecular formula is C19H14O2. The average molecular weight is 274 g/mol. The first-order valence-electron chi connectivity index (χ1n) is 7.12. The molecule has 0 saturated carbocycles. The summed E-state index contributed by atoms with van der Waals surface area (Å²) in [6, 6.07) is 16.0. The Hall–Kier alpha value is -2.61. The molecule has 0 radical (unpaired) electrons. The monoisotopic (exact) mass is 274 g/mol. The highest BCUT2D eigenvalue weighted by Crippen LogP contribution is 2.37. The second kappa shape index (κ2) is 4.45. The highest BCUT2D eigenvalue weighted by atomic mass is 16.4. The highest BCUT2D eigenvalue weighted by molar-refractivity contribution is 6.22. The summed E-state index contributed by atoms with van der Waals surface area (Å²) in [7, 11) is 0. The van der Waals surface area contributed by atoms with Crippen molar-refractivity contribution in [2.24, 2.45) is 0 Å². The molecule has 1 N–H and O–H groups in total. The first-order valence-corrected chi connectivity index (χ1v) is 7.12. The zero-order valence-corrected chi connectivity index (χ0v) is 11.5. The van der Waals surface area contributed by atoms with Crippen LogP contribution in [0.25, 0.3) is 17.2 Å². The standard InChI is InChI=1S/C19H14O2/c20-19(21)18-15-8-4-2-6-13(15)11-17(18)16-10-9-12-5-1-3-7-14(12)16/h1-8,11H,9-10H2,(H,20,21). The number of hydrogen-bond donors (Lipinski definition) is 1. The van der Waals surface area contributed by atoms with Gasteiger partial charge >= 0.3 is 5.97 Å². The predicted octanol–water partition coefficient (Wildman–Crippen LogP) is 2.12. The maximum atomic E-state index is 11.8. The van der Waals surface area contributed by atoms with Gasteiger partial charge in [-0.3, -0.25) is 0 Å². The lowest BCUT2D eigenvalue weighted by atomic mass is 9.97. The molecule has 4 rings (SSSR count). The molecule has 0 atom stereocenters. The summed E-state index contributed by atoms with van der Waals surface area (Å²) in [5.74, 6) is -0.844. The fourth-order valence-electron chi connectivity index (χ4n) is 3.40. The lowest BCUT2D eigenvalue weighted by molar-refractivity contribution is -0.130. The smallest absolute Gasteiger partial charge is 0.336 e. The number of hydrogen-bond acceptors (Lipinski definition) is 1. The van der Waals surface area contributed by atoms with Crippen LogP contribution < -0.4 is 10.4 Å². The first kappa shape index (κ1) is 12.2. The van der Waals surface area contributed by atoms with E-state index in [1.54, 1.807) is 0 Å². The van der Waals surface area contributed by atoms with Crippen molar-refractivity contribution in [3.8, 4) is 0 Å². The molecule has 2 aliphatic rings. The molecule has 0 spiro atoms. The quantitative estimate of drug-likeness (QED) is 0.865. The molecule has 2 aromatic carbocycles. The van der Waals surface area contributed by atoms with Crippen LogP contribution in [0.1, 0.15) is 17.5 Å². The Bertz CT molecular complexity index is 917. The van der Waals surface area contributed by atoms with Crippen LogP contribution in [0.3, 0.4) is 0 Å². The van der Waals surface area contributed by atoms with Crippen molar-refractivity contribution in [2.45, 2.75) is 12.8 Å². The van der Waals surface area contributed by atoms with Gasteiger partial charge < -0.3 is 5.11 Å². The molecule has 102 valence electrons. The van der Waals surface area contributed by atoms with Crippen LogP contribution in [-0.4, -0.2) is 11.1 Å². The lowest BCUT2D eigenvalue weighted by Crippen LogP contribution is -2.24. The Morgan fingerprint density at radius 1 is 0.952 bits per heavy atom. The summed E-state index contributed by atoms with van der Waals surface area (Å²) in [5.41, 5.74) is 5.01. The number of carboxylic acid groups (broad SMARTS) is 1. The van der Waals surface area contributed by atoms with Crippen LogP contribution in [0.4, 0.5) is 0 Å². The average Bonchev–Trinajstić information content (AvgIpc) is 3.08. The molecule has 0 aromatic heterocycles. The number of benzene rings is 2. The number of rotatable bonds is 1. The van der Waals surface area contributed by atoms with Gasteiger partial charge in [0.05, 0.1) is 5.57 Å². The molecule has 2 aliphatic carbocycles. The molecule has 0 unspecified atom stereocenters. The normalized spacial score (nSPS) is 19.1. The van der Waals surface area contributed by atoms with Gasteiger partial charge in [-0.25, -0.2) is 4.79 Å². The van der Waals surface area contributed by atoms with Gasteiger partial charge in [-0.2, -0.15) is 0 Å². The molecule has 0 heterocycles. The Morgan fingerprint density at radius 2 is 1.71 bits per heavy atom. The van der Waals surface area contributed by atoms with Gasteiger partial charge in [0.1, 0.15) is 0 Å². The maximum absolute atomic E-state index is 11.8. The summed E-state index contributed by atoms with van der Waals surface area (Å²) < 4.78 is 0. The van der Waals surface area contributed by atoms with Gasteiger partial charge in [-0.15, -0.1) is 0 Å². The molecule has 21 heavy (non-hydrogen) atoms. The minimum absolute atomic E-state index is 0.442. The Labute approximate surface area is 122 Å². The van der Waals surface area contributed by atoms with E-state index in [-0.39, 0.29) is 0 Å². The van der Waals surface area contributed by atoms with Crippen LogP contribution in [0, 0.1) is 0 Å². The van der Waals surface area contributed by atoms with E-state index in [4.69, 9.17) is 0 Å². The summed E-state index contributed by atoms with van der Waals surface area (Å²) in [4.78, 5) is 11.8. The Morgan fingerprint density at radius 3 is 2.57 bits per heavy atom. The van der Waals surface area contributed by atoms with Gasteiger partial charge in [-0.05, 0) is 51.6 Å². The second-order valence-corrected chi connectivity index (χ2v) is 5.46. The van der Waals surface area contributed by atoms with Gasteiger partial charge in [-0.1, -0.05) is 48.5 Å². The maximum Gasteiger partial charge on any atom is 0.336 e. The lowest BCUT2D eigenvalue weighted by Gasteiger charge is -2.07. The van der Waals surface area contributed by atoms with E-state index in [0.717, 1.165) is 28.9 Å². The fraction of sp³-hybridized carbons (Fsp3) is 0.105. The number of aliphatic carboxylic acids is 1. The Kier molecular flexibility index (Phi) is 2.58. The molecule has 0 aliphatic heterocycles. The van der Waals surface area contributed by atoms with E-state index >= 15 is 0 Å². The summed E-state index contributed by atoms with van der Waals surface area (Å²) in [5, 5.41) is 11.5. The molecule has 2 heteroatoms. The number of allylic oxidation sites excluding steroid dienone is 1. The topological polar surface area (TPSA) is 37.3 Å². The first-order chi connectivity index (χ1) is 10.3. The molecule has 2 nitrogen and oxygen atoms in total. The largest absolute Gasteiger partial charge is 0.478 e. The summed E-state index contributed by atoms with van der Waals surface area (Å²) >= 11 is 0. The van der Waals surface area contributed by atoms with Gasteiger partial charge in [0.25, 0.3) is 0 Å². The van der Waals surface area contributed by atoms with Crippen LogP contribution >= 0.6 is 0 Å². The van der Waals surface area contributed by atoms with Crippen molar-refractivity contribution in [3.05, 3.63) is 75.7 Å². The summed E-state index contributed by atoms with van der Waals surface area (Å²) in [6.07, 6.45) is 3.93. The molecule has 0 fully saturated rings. The van der Waals surface area contributed by atoms with Crippen LogP contribution in [0.15, 0.2) is 54.1 Å².